The van der Waals surface area contributed by atoms with Crippen molar-refractivity contribution in [1.82, 2.24) is 4.90 Å². The number of likely N-dealkylation sites (tertiary alicyclic amines) is 1. The predicted octanol–water partition coefficient (Wildman–Crippen LogP) is 3.15. The van der Waals surface area contributed by atoms with Gasteiger partial charge in [0.15, 0.2) is 0 Å². The number of amides is 2. The molecule has 1 saturated heterocycles. The van der Waals surface area contributed by atoms with Gasteiger partial charge < -0.3 is 15.0 Å². The Morgan fingerprint density at radius 1 is 1.43 bits per heavy atom. The normalized spacial score (nSPS) is 18.2. The van der Waals surface area contributed by atoms with Gasteiger partial charge in [-0.3, -0.25) is 4.79 Å². The average molecular weight is 311 g/mol. The summed E-state index contributed by atoms with van der Waals surface area (Å²) < 4.78 is 4.98. The lowest BCUT2D eigenvalue weighted by Crippen LogP contribution is -2.44. The van der Waals surface area contributed by atoms with E-state index in [0.717, 1.165) is 12.8 Å². The second kappa shape index (κ2) is 7.31. The van der Waals surface area contributed by atoms with Crippen LogP contribution in [0.1, 0.15) is 19.8 Å². The largest absolute Gasteiger partial charge is 0.450 e. The minimum atomic E-state index is -0.354. The van der Waals surface area contributed by atoms with Crippen LogP contribution in [0.2, 0.25) is 5.02 Å². The fraction of sp³-hybridized carbons (Fsp3) is 0.467. The van der Waals surface area contributed by atoms with Crippen LogP contribution in [0.4, 0.5) is 10.5 Å². The Hall–Kier alpha value is -1.75. The third-order valence-electron chi connectivity index (χ3n) is 3.45. The number of benzene rings is 1. The van der Waals surface area contributed by atoms with Crippen LogP contribution in [0, 0.1) is 5.92 Å². The molecule has 0 spiro atoms. The summed E-state index contributed by atoms with van der Waals surface area (Å²) in [6.07, 6.45) is 1.19. The van der Waals surface area contributed by atoms with Gasteiger partial charge in [0, 0.05) is 13.1 Å². The molecule has 21 heavy (non-hydrogen) atoms. The van der Waals surface area contributed by atoms with E-state index in [1.165, 1.54) is 0 Å². The number of hydrogen-bond donors (Lipinski definition) is 1. The minimum absolute atomic E-state index is 0.114. The van der Waals surface area contributed by atoms with Gasteiger partial charge in [-0.1, -0.05) is 23.7 Å². The standard InChI is InChI=1S/C15H19ClN2O3/c1-2-21-15(20)18-9-5-6-11(10-18)14(19)17-13-8-4-3-7-12(13)16/h3-4,7-8,11H,2,5-6,9-10H2,1H3,(H,17,19). The highest BCUT2D eigenvalue weighted by Gasteiger charge is 2.29. The zero-order valence-corrected chi connectivity index (χ0v) is 12.7. The Kier molecular flexibility index (Phi) is 5.44. The van der Waals surface area contributed by atoms with E-state index in [-0.39, 0.29) is 17.9 Å². The third kappa shape index (κ3) is 4.11. The molecular weight excluding hydrogens is 292 g/mol. The van der Waals surface area contributed by atoms with Gasteiger partial charge in [-0.25, -0.2) is 4.79 Å². The highest BCUT2D eigenvalue weighted by atomic mass is 35.5. The van der Waals surface area contributed by atoms with E-state index in [4.69, 9.17) is 16.3 Å². The highest BCUT2D eigenvalue weighted by Crippen LogP contribution is 2.23. The Balaban J connectivity index is 1.96. The number of anilines is 1. The smallest absolute Gasteiger partial charge is 0.409 e. The third-order valence-corrected chi connectivity index (χ3v) is 3.78. The van der Waals surface area contributed by atoms with Gasteiger partial charge in [0.25, 0.3) is 0 Å². The van der Waals surface area contributed by atoms with Crippen molar-refractivity contribution in [2.75, 3.05) is 25.0 Å². The van der Waals surface area contributed by atoms with Crippen molar-refractivity contribution < 1.29 is 14.3 Å². The second-order valence-electron chi connectivity index (χ2n) is 4.95. The molecule has 1 aromatic rings. The Bertz CT molecular complexity index is 521. The maximum absolute atomic E-state index is 12.3. The summed E-state index contributed by atoms with van der Waals surface area (Å²) in [5.74, 6) is -0.350. The number of hydrogen-bond acceptors (Lipinski definition) is 3. The van der Waals surface area contributed by atoms with Gasteiger partial charge in [-0.2, -0.15) is 0 Å². The zero-order chi connectivity index (χ0) is 15.2. The van der Waals surface area contributed by atoms with Crippen LogP contribution in [-0.4, -0.2) is 36.6 Å². The molecule has 0 saturated carbocycles. The number of carbonyl (C=O) groups is 2. The zero-order valence-electron chi connectivity index (χ0n) is 12.0. The Morgan fingerprint density at radius 3 is 2.90 bits per heavy atom. The van der Waals surface area contributed by atoms with E-state index in [2.05, 4.69) is 5.32 Å². The van der Waals surface area contributed by atoms with Gasteiger partial charge in [0.05, 0.1) is 23.2 Å². The van der Waals surface area contributed by atoms with Crippen LogP contribution in [0.15, 0.2) is 24.3 Å². The van der Waals surface area contributed by atoms with E-state index in [0.29, 0.717) is 30.4 Å². The summed E-state index contributed by atoms with van der Waals surface area (Å²) in [7, 11) is 0. The van der Waals surface area contributed by atoms with Crippen LogP contribution in [0.5, 0.6) is 0 Å². The van der Waals surface area contributed by atoms with E-state index < -0.39 is 0 Å². The topological polar surface area (TPSA) is 58.6 Å². The predicted molar refractivity (Wildman–Crippen MR) is 81.4 cm³/mol. The van der Waals surface area contributed by atoms with Crippen molar-refractivity contribution in [3.8, 4) is 0 Å². The van der Waals surface area contributed by atoms with Crippen molar-refractivity contribution in [2.45, 2.75) is 19.8 Å². The van der Waals surface area contributed by atoms with Gasteiger partial charge in [0.1, 0.15) is 0 Å². The van der Waals surface area contributed by atoms with Crippen molar-refractivity contribution >= 4 is 29.3 Å². The van der Waals surface area contributed by atoms with Crippen LogP contribution in [-0.2, 0) is 9.53 Å². The molecular formula is C15H19ClN2O3. The van der Waals surface area contributed by atoms with Gasteiger partial charge in [-0.05, 0) is 31.9 Å². The molecule has 114 valence electrons. The van der Waals surface area contributed by atoms with Gasteiger partial charge in [-0.15, -0.1) is 0 Å². The first kappa shape index (κ1) is 15.6. The number of rotatable bonds is 3. The molecule has 2 rings (SSSR count). The molecule has 1 fully saturated rings. The van der Waals surface area contributed by atoms with Crippen LogP contribution >= 0.6 is 11.6 Å². The first-order valence-corrected chi connectivity index (χ1v) is 7.46. The molecule has 0 bridgehead atoms. The number of carbonyl (C=O) groups excluding carboxylic acids is 2. The maximum atomic E-state index is 12.3. The maximum Gasteiger partial charge on any atom is 0.409 e. The molecule has 2 amide bonds. The van der Waals surface area contributed by atoms with Gasteiger partial charge >= 0.3 is 6.09 Å². The molecule has 6 heteroatoms. The summed E-state index contributed by atoms with van der Waals surface area (Å²) in [4.78, 5) is 25.6. The molecule has 1 unspecified atom stereocenters. The molecule has 5 nitrogen and oxygen atoms in total. The van der Waals surface area contributed by atoms with Crippen molar-refractivity contribution in [2.24, 2.45) is 5.92 Å². The van der Waals surface area contributed by atoms with E-state index in [1.807, 2.05) is 6.07 Å². The monoisotopic (exact) mass is 310 g/mol. The molecule has 0 radical (unpaired) electrons. The van der Waals surface area contributed by atoms with Crippen LogP contribution in [0.25, 0.3) is 0 Å². The lowest BCUT2D eigenvalue weighted by Gasteiger charge is -2.31. The van der Waals surface area contributed by atoms with Crippen LogP contribution < -0.4 is 5.32 Å². The second-order valence-corrected chi connectivity index (χ2v) is 5.36. The van der Waals surface area contributed by atoms with Crippen molar-refractivity contribution in [3.05, 3.63) is 29.3 Å². The number of halogens is 1. The molecule has 1 N–H and O–H groups in total. The minimum Gasteiger partial charge on any atom is -0.450 e. The Labute approximate surface area is 129 Å². The summed E-state index contributed by atoms with van der Waals surface area (Å²) in [5, 5.41) is 3.33. The molecule has 1 heterocycles. The Morgan fingerprint density at radius 2 is 2.19 bits per heavy atom. The summed E-state index contributed by atoms with van der Waals surface area (Å²) in [5.41, 5.74) is 0.595. The summed E-state index contributed by atoms with van der Waals surface area (Å²) in [6, 6.07) is 7.10. The van der Waals surface area contributed by atoms with E-state index >= 15 is 0 Å². The molecule has 1 atom stereocenters. The first-order valence-electron chi connectivity index (χ1n) is 7.09. The molecule has 1 aromatic carbocycles. The molecule has 0 aromatic heterocycles. The summed E-state index contributed by atoms with van der Waals surface area (Å²) >= 11 is 6.03. The first-order chi connectivity index (χ1) is 10.1. The van der Waals surface area contributed by atoms with Crippen molar-refractivity contribution in [3.63, 3.8) is 0 Å². The van der Waals surface area contributed by atoms with E-state index in [1.54, 1.807) is 30.0 Å². The quantitative estimate of drug-likeness (QED) is 0.933. The fourth-order valence-corrected chi connectivity index (χ4v) is 2.55. The van der Waals surface area contributed by atoms with E-state index in [9.17, 15) is 9.59 Å². The summed E-state index contributed by atoms with van der Waals surface area (Å²) in [6.45, 7) is 3.12. The van der Waals surface area contributed by atoms with Crippen LogP contribution in [0.3, 0.4) is 0 Å². The number of nitrogens with one attached hydrogen (secondary N) is 1. The molecule has 0 aliphatic carbocycles. The number of ether oxygens (including phenoxy) is 1. The lowest BCUT2D eigenvalue weighted by molar-refractivity contribution is -0.121. The molecule has 1 aliphatic rings. The van der Waals surface area contributed by atoms with Gasteiger partial charge in [0.2, 0.25) is 5.91 Å². The molecule has 1 aliphatic heterocycles. The number of piperidine rings is 1. The SMILES string of the molecule is CCOC(=O)N1CCCC(C(=O)Nc2ccccc2Cl)C1. The highest BCUT2D eigenvalue weighted by molar-refractivity contribution is 6.33. The number of nitrogens with zero attached hydrogens (tertiary/aromatic N) is 1. The fourth-order valence-electron chi connectivity index (χ4n) is 2.37. The average Bonchev–Trinajstić information content (AvgIpc) is 2.50. The van der Waals surface area contributed by atoms with Crippen molar-refractivity contribution in [1.29, 1.82) is 0 Å². The lowest BCUT2D eigenvalue weighted by atomic mass is 9.97. The number of para-hydroxylation sites is 1.